The van der Waals surface area contributed by atoms with Crippen molar-refractivity contribution in [3.05, 3.63) is 0 Å². The van der Waals surface area contributed by atoms with Gasteiger partial charge in [0.15, 0.2) is 0 Å². The van der Waals surface area contributed by atoms with E-state index in [1.54, 1.807) is 6.92 Å². The average Bonchev–Trinajstić information content (AvgIpc) is 2.10. The summed E-state index contributed by atoms with van der Waals surface area (Å²) in [6.07, 6.45) is 0.897. The second kappa shape index (κ2) is 6.88. The normalized spacial score (nSPS) is 11.9. The second-order valence-corrected chi connectivity index (χ2v) is 4.06. The standard InChI is InChI=1S/C8H15BrN2O2/c1-3-4-10-7(12)5-11-8(13)6(2)9/h6H,3-5H2,1-2H3,(H,10,12)(H,11,13). The summed E-state index contributed by atoms with van der Waals surface area (Å²) in [4.78, 5) is 21.7. The minimum atomic E-state index is -0.258. The molecule has 0 saturated carbocycles. The molecule has 0 aliphatic heterocycles. The molecule has 0 aromatic heterocycles. The Hall–Kier alpha value is -0.580. The lowest BCUT2D eigenvalue weighted by molar-refractivity contribution is -0.125. The molecule has 0 saturated heterocycles. The number of alkyl halides is 1. The first kappa shape index (κ1) is 12.4. The molecule has 5 heteroatoms. The summed E-state index contributed by atoms with van der Waals surface area (Å²) >= 11 is 3.10. The predicted molar refractivity (Wildman–Crippen MR) is 54.7 cm³/mol. The van der Waals surface area contributed by atoms with E-state index >= 15 is 0 Å². The summed E-state index contributed by atoms with van der Waals surface area (Å²) in [6, 6.07) is 0. The van der Waals surface area contributed by atoms with Crippen LogP contribution in [-0.4, -0.2) is 29.7 Å². The molecule has 1 unspecified atom stereocenters. The number of halogens is 1. The topological polar surface area (TPSA) is 58.2 Å². The van der Waals surface area contributed by atoms with Crippen LogP contribution in [0.5, 0.6) is 0 Å². The monoisotopic (exact) mass is 250 g/mol. The van der Waals surface area contributed by atoms with E-state index in [4.69, 9.17) is 0 Å². The van der Waals surface area contributed by atoms with E-state index in [-0.39, 0.29) is 23.2 Å². The van der Waals surface area contributed by atoms with E-state index in [0.29, 0.717) is 6.54 Å². The third-order valence-electron chi connectivity index (χ3n) is 1.36. The molecule has 0 aliphatic rings. The molecule has 0 radical (unpaired) electrons. The van der Waals surface area contributed by atoms with Crippen molar-refractivity contribution < 1.29 is 9.59 Å². The second-order valence-electron chi connectivity index (χ2n) is 2.68. The van der Waals surface area contributed by atoms with Crippen molar-refractivity contribution in [1.29, 1.82) is 0 Å². The minimum absolute atomic E-state index is 0.0504. The highest BCUT2D eigenvalue weighted by atomic mass is 79.9. The molecule has 0 heterocycles. The number of carbonyl (C=O) groups is 2. The van der Waals surface area contributed by atoms with Crippen molar-refractivity contribution in [2.24, 2.45) is 0 Å². The van der Waals surface area contributed by atoms with Crippen LogP contribution in [0.25, 0.3) is 0 Å². The van der Waals surface area contributed by atoms with Crippen LogP contribution in [-0.2, 0) is 9.59 Å². The summed E-state index contributed by atoms with van der Waals surface area (Å²) < 4.78 is 0. The van der Waals surface area contributed by atoms with E-state index in [2.05, 4.69) is 26.6 Å². The molecule has 0 spiro atoms. The van der Waals surface area contributed by atoms with Crippen LogP contribution in [0.3, 0.4) is 0 Å². The zero-order valence-corrected chi connectivity index (χ0v) is 9.48. The van der Waals surface area contributed by atoms with Gasteiger partial charge in [-0.25, -0.2) is 0 Å². The fourth-order valence-electron chi connectivity index (χ4n) is 0.635. The Morgan fingerprint density at radius 3 is 2.46 bits per heavy atom. The van der Waals surface area contributed by atoms with Gasteiger partial charge in [-0.05, 0) is 13.3 Å². The van der Waals surface area contributed by atoms with Crippen molar-refractivity contribution in [1.82, 2.24) is 10.6 Å². The third kappa shape index (κ3) is 6.57. The van der Waals surface area contributed by atoms with Gasteiger partial charge in [-0.3, -0.25) is 9.59 Å². The predicted octanol–water partition coefficient (Wildman–Crippen LogP) is 0.412. The van der Waals surface area contributed by atoms with E-state index in [1.165, 1.54) is 0 Å². The van der Waals surface area contributed by atoms with E-state index in [0.717, 1.165) is 6.42 Å². The first-order valence-electron chi connectivity index (χ1n) is 4.26. The van der Waals surface area contributed by atoms with Gasteiger partial charge in [0.25, 0.3) is 0 Å². The summed E-state index contributed by atoms with van der Waals surface area (Å²) in [5, 5.41) is 5.15. The largest absolute Gasteiger partial charge is 0.355 e. The molecule has 0 aliphatic carbocycles. The van der Waals surface area contributed by atoms with Crippen LogP contribution in [0, 0.1) is 0 Å². The Labute approximate surface area is 86.6 Å². The SMILES string of the molecule is CCCNC(=O)CNC(=O)C(C)Br. The highest BCUT2D eigenvalue weighted by molar-refractivity contribution is 9.10. The zero-order chi connectivity index (χ0) is 10.3. The van der Waals surface area contributed by atoms with Gasteiger partial charge in [-0.1, -0.05) is 22.9 Å². The van der Waals surface area contributed by atoms with Crippen molar-refractivity contribution in [3.8, 4) is 0 Å². The molecular weight excluding hydrogens is 236 g/mol. The van der Waals surface area contributed by atoms with Gasteiger partial charge in [0, 0.05) is 6.54 Å². The highest BCUT2D eigenvalue weighted by Gasteiger charge is 2.09. The molecule has 0 bridgehead atoms. The van der Waals surface area contributed by atoms with E-state index < -0.39 is 0 Å². The quantitative estimate of drug-likeness (QED) is 0.695. The molecule has 4 nitrogen and oxygen atoms in total. The number of nitrogens with one attached hydrogen (secondary N) is 2. The number of hydrogen-bond donors (Lipinski definition) is 2. The number of rotatable bonds is 5. The molecule has 76 valence electrons. The third-order valence-corrected chi connectivity index (χ3v) is 1.77. The highest BCUT2D eigenvalue weighted by Crippen LogP contribution is 1.95. The lowest BCUT2D eigenvalue weighted by Crippen LogP contribution is -2.39. The zero-order valence-electron chi connectivity index (χ0n) is 7.89. The van der Waals surface area contributed by atoms with Crippen LogP contribution in [0.4, 0.5) is 0 Å². The van der Waals surface area contributed by atoms with Gasteiger partial charge in [0.05, 0.1) is 11.4 Å². The first-order chi connectivity index (χ1) is 6.07. The van der Waals surface area contributed by atoms with Crippen molar-refractivity contribution >= 4 is 27.7 Å². The molecule has 0 aromatic carbocycles. The van der Waals surface area contributed by atoms with Gasteiger partial charge in [-0.15, -0.1) is 0 Å². The Bertz CT molecular complexity index is 183. The number of carbonyl (C=O) groups excluding carboxylic acids is 2. The smallest absolute Gasteiger partial charge is 0.239 e. The van der Waals surface area contributed by atoms with Crippen LogP contribution >= 0.6 is 15.9 Å². The molecule has 0 rings (SSSR count). The fraction of sp³-hybridized carbons (Fsp3) is 0.750. The molecule has 2 amide bonds. The van der Waals surface area contributed by atoms with E-state index in [1.807, 2.05) is 6.92 Å². The first-order valence-corrected chi connectivity index (χ1v) is 5.18. The van der Waals surface area contributed by atoms with Crippen molar-refractivity contribution in [3.63, 3.8) is 0 Å². The molecule has 2 N–H and O–H groups in total. The Morgan fingerprint density at radius 1 is 1.38 bits per heavy atom. The van der Waals surface area contributed by atoms with Gasteiger partial charge in [0.2, 0.25) is 11.8 Å². The molecule has 0 fully saturated rings. The molecule has 1 atom stereocenters. The Balaban J connectivity index is 3.52. The maximum Gasteiger partial charge on any atom is 0.239 e. The lowest BCUT2D eigenvalue weighted by atomic mass is 10.4. The summed E-state index contributed by atoms with van der Waals surface area (Å²) in [5.41, 5.74) is 0. The molecular formula is C8H15BrN2O2. The minimum Gasteiger partial charge on any atom is -0.355 e. The fourth-order valence-corrected chi connectivity index (χ4v) is 0.797. The van der Waals surface area contributed by atoms with Crippen molar-refractivity contribution in [2.45, 2.75) is 25.1 Å². The summed E-state index contributed by atoms with van der Waals surface area (Å²) in [6.45, 7) is 4.38. The number of amides is 2. The Kier molecular flexibility index (Phi) is 6.58. The maximum absolute atomic E-state index is 11.0. The lowest BCUT2D eigenvalue weighted by Gasteiger charge is -2.06. The molecule has 0 aromatic rings. The van der Waals surface area contributed by atoms with E-state index in [9.17, 15) is 9.59 Å². The van der Waals surface area contributed by atoms with Crippen LogP contribution in [0.1, 0.15) is 20.3 Å². The van der Waals surface area contributed by atoms with Gasteiger partial charge in [-0.2, -0.15) is 0 Å². The molecule has 13 heavy (non-hydrogen) atoms. The van der Waals surface area contributed by atoms with Gasteiger partial charge < -0.3 is 10.6 Å². The summed E-state index contributed by atoms with van der Waals surface area (Å²) in [5.74, 6) is -0.324. The Morgan fingerprint density at radius 2 is 2.00 bits per heavy atom. The summed E-state index contributed by atoms with van der Waals surface area (Å²) in [7, 11) is 0. The number of hydrogen-bond acceptors (Lipinski definition) is 2. The van der Waals surface area contributed by atoms with Gasteiger partial charge in [0.1, 0.15) is 0 Å². The van der Waals surface area contributed by atoms with Gasteiger partial charge >= 0.3 is 0 Å². The van der Waals surface area contributed by atoms with Crippen LogP contribution in [0.15, 0.2) is 0 Å². The maximum atomic E-state index is 11.0. The van der Waals surface area contributed by atoms with Crippen LogP contribution < -0.4 is 10.6 Å². The van der Waals surface area contributed by atoms with Crippen LogP contribution in [0.2, 0.25) is 0 Å². The van der Waals surface area contributed by atoms with Crippen molar-refractivity contribution in [2.75, 3.05) is 13.1 Å². The average molecular weight is 251 g/mol.